The first-order chi connectivity index (χ1) is 27.6. The number of aromatic nitrogens is 3. The summed E-state index contributed by atoms with van der Waals surface area (Å²) in [6, 6.07) is 7.85. The van der Waals surface area contributed by atoms with Gasteiger partial charge in [-0.15, -0.1) is 0 Å². The third kappa shape index (κ3) is 7.67. The third-order valence-corrected chi connectivity index (χ3v) is 13.8. The second-order valence-corrected chi connectivity index (χ2v) is 19.0. The summed E-state index contributed by atoms with van der Waals surface area (Å²) in [7, 11) is 0. The van der Waals surface area contributed by atoms with Gasteiger partial charge >= 0.3 is 5.97 Å². The number of nitrogens with zero attached hydrogens (tertiary/aromatic N) is 5. The van der Waals surface area contributed by atoms with Gasteiger partial charge in [0, 0.05) is 48.6 Å². The highest BCUT2D eigenvalue weighted by atomic mass is 32.1. The van der Waals surface area contributed by atoms with Crippen LogP contribution in [0, 0.1) is 28.6 Å². The molecule has 6 aliphatic rings. The highest BCUT2D eigenvalue weighted by Crippen LogP contribution is 2.72. The molecule has 4 saturated carbocycles. The average molecular weight is 810 g/mol. The number of likely N-dealkylation sites (tertiary alicyclic amines) is 1. The van der Waals surface area contributed by atoms with Gasteiger partial charge < -0.3 is 41.3 Å². The number of fused-ring (bicyclic) bond motifs is 1. The van der Waals surface area contributed by atoms with Crippen molar-refractivity contribution < 1.29 is 24.9 Å². The topological polar surface area (TPSA) is 207 Å². The predicted octanol–water partition coefficient (Wildman–Crippen LogP) is 7.19. The largest absolute Gasteiger partial charge is 0.481 e. The number of rotatable bonds is 13. The molecule has 14 nitrogen and oxygen atoms in total. The summed E-state index contributed by atoms with van der Waals surface area (Å²) in [6.45, 7) is 11.7. The fraction of sp³-hybridized carbons (Fsp3) is 0.512. The van der Waals surface area contributed by atoms with Crippen LogP contribution >= 0.6 is 11.3 Å². The van der Waals surface area contributed by atoms with Gasteiger partial charge in [0.1, 0.15) is 23.2 Å². The number of carboxylic acid groups (broad SMARTS) is 1. The van der Waals surface area contributed by atoms with Crippen LogP contribution in [0.4, 0.5) is 5.13 Å². The number of carboxylic acids is 1. The minimum atomic E-state index is -0.842. The Labute approximate surface area is 342 Å². The maximum atomic E-state index is 10.9. The van der Waals surface area contributed by atoms with E-state index in [2.05, 4.69) is 39.1 Å². The number of hydrogen-bond donors (Lipinski definition) is 7. The molecule has 1 saturated heterocycles. The van der Waals surface area contributed by atoms with Crippen molar-refractivity contribution in [1.82, 2.24) is 30.3 Å². The van der Waals surface area contributed by atoms with Crippen LogP contribution in [0.1, 0.15) is 89.8 Å². The first-order valence-electron chi connectivity index (χ1n) is 20.3. The van der Waals surface area contributed by atoms with Gasteiger partial charge in [-0.25, -0.2) is 9.98 Å². The number of amidine groups is 2. The monoisotopic (exact) mass is 809 g/mol. The standard InChI is InChI=1S/C43H55N9O5S/c1-26(36(44)50-39-48-31-9-5-6-10-32(31)58-39)28-8-7-16-51(37(28)45)33-12-11-29(35(49-33)38(55)56)30-18-47-52(27(30)2)25-42-20-40(3)19-41(4,21-42)23-43(22-40,24-42)57-17-15-46-14-13-34(53)54/h5-6,9-12,18,45-46,49,55-56H,7-8,13-17,19-25H2,1-4H3,(H,53,54)(H2,44,48,50)/b28-26-,45-37?. The molecule has 4 bridgehead atoms. The van der Waals surface area contributed by atoms with Crippen molar-refractivity contribution in [3.05, 3.63) is 82.5 Å². The van der Waals surface area contributed by atoms with Crippen molar-refractivity contribution in [2.24, 2.45) is 27.0 Å². The van der Waals surface area contributed by atoms with Gasteiger partial charge in [0.2, 0.25) is 5.13 Å². The third-order valence-electron chi connectivity index (χ3n) is 12.9. The Kier molecular flexibility index (Phi) is 10.3. The summed E-state index contributed by atoms with van der Waals surface area (Å²) in [6.07, 6.45) is 13.5. The predicted molar refractivity (Wildman–Crippen MR) is 226 cm³/mol. The van der Waals surface area contributed by atoms with E-state index in [0.29, 0.717) is 55.0 Å². The molecule has 15 heteroatoms. The van der Waals surface area contributed by atoms with Crippen molar-refractivity contribution in [2.75, 3.05) is 26.2 Å². The smallest absolute Gasteiger partial charge is 0.304 e. The fourth-order valence-corrected chi connectivity index (χ4v) is 12.6. The maximum Gasteiger partial charge on any atom is 0.304 e. The molecule has 0 radical (unpaired) electrons. The molecule has 2 aromatic heterocycles. The van der Waals surface area contributed by atoms with Gasteiger partial charge in [-0.2, -0.15) is 5.10 Å². The lowest BCUT2D eigenvalue weighted by molar-refractivity contribution is -0.247. The number of aliphatic hydroxyl groups is 2. The summed E-state index contributed by atoms with van der Waals surface area (Å²) in [4.78, 5) is 22.0. The first-order valence-corrected chi connectivity index (χ1v) is 21.1. The van der Waals surface area contributed by atoms with E-state index in [1.165, 1.54) is 17.8 Å². The molecule has 9 rings (SSSR count). The number of allylic oxidation sites excluding steroid dienone is 3. The molecule has 5 fully saturated rings. The van der Waals surface area contributed by atoms with E-state index < -0.39 is 11.9 Å². The second-order valence-electron chi connectivity index (χ2n) is 18.0. The Balaban J connectivity index is 1.01. The van der Waals surface area contributed by atoms with Crippen LogP contribution in [0.15, 0.2) is 76.2 Å². The van der Waals surface area contributed by atoms with Crippen molar-refractivity contribution in [3.8, 4) is 0 Å². The summed E-state index contributed by atoms with van der Waals surface area (Å²) in [5.74, 6) is -0.504. The number of carbonyl (C=O) groups is 1. The lowest BCUT2D eigenvalue weighted by Crippen LogP contribution is -2.64. The van der Waals surface area contributed by atoms with Gasteiger partial charge in [-0.05, 0) is 111 Å². The molecule has 4 heterocycles. The van der Waals surface area contributed by atoms with E-state index in [9.17, 15) is 20.4 Å². The number of ether oxygens (including phenoxy) is 1. The van der Waals surface area contributed by atoms with Crippen LogP contribution in [-0.4, -0.2) is 84.5 Å². The maximum absolute atomic E-state index is 10.9. The number of nitrogens with two attached hydrogens (primary N) is 1. The van der Waals surface area contributed by atoms with E-state index in [4.69, 9.17) is 20.7 Å². The normalized spacial score (nSPS) is 29.1. The number of aliphatic carboxylic acids is 1. The Morgan fingerprint density at radius 1 is 1.09 bits per heavy atom. The summed E-state index contributed by atoms with van der Waals surface area (Å²) < 4.78 is 9.90. The highest BCUT2D eigenvalue weighted by molar-refractivity contribution is 7.22. The van der Waals surface area contributed by atoms with E-state index in [1.54, 1.807) is 0 Å². The highest BCUT2D eigenvalue weighted by Gasteiger charge is 2.66. The van der Waals surface area contributed by atoms with E-state index in [-0.39, 0.29) is 39.8 Å². The first kappa shape index (κ1) is 39.8. The fourth-order valence-electron chi connectivity index (χ4n) is 11.7. The molecular formula is C43H55N9O5S. The number of aliphatic imine (C=N–C) groups is 1. The van der Waals surface area contributed by atoms with Gasteiger partial charge in [0.15, 0.2) is 0 Å². The Morgan fingerprint density at radius 2 is 1.84 bits per heavy atom. The zero-order valence-corrected chi connectivity index (χ0v) is 34.6. The van der Waals surface area contributed by atoms with Crippen LogP contribution in [0.5, 0.6) is 0 Å². The molecule has 0 spiro atoms. The van der Waals surface area contributed by atoms with Gasteiger partial charge in [0.05, 0.1) is 35.0 Å². The van der Waals surface area contributed by atoms with Gasteiger partial charge in [-0.3, -0.25) is 14.9 Å². The van der Waals surface area contributed by atoms with Crippen LogP contribution in [0.25, 0.3) is 15.8 Å². The lowest BCUT2D eigenvalue weighted by atomic mass is 9.39. The van der Waals surface area contributed by atoms with Crippen LogP contribution in [-0.2, 0) is 16.1 Å². The number of piperidine rings is 1. The number of benzene rings is 1. The van der Waals surface area contributed by atoms with Crippen molar-refractivity contribution in [3.63, 3.8) is 0 Å². The Hall–Kier alpha value is -4.99. The summed E-state index contributed by atoms with van der Waals surface area (Å²) >= 11 is 1.47. The molecule has 58 heavy (non-hydrogen) atoms. The molecule has 2 atom stereocenters. The Morgan fingerprint density at radius 3 is 2.57 bits per heavy atom. The van der Waals surface area contributed by atoms with Crippen LogP contribution < -0.4 is 16.4 Å². The summed E-state index contributed by atoms with van der Waals surface area (Å²) in [5, 5.41) is 51.4. The molecule has 2 aliphatic heterocycles. The van der Waals surface area contributed by atoms with Gasteiger partial charge in [0.25, 0.3) is 5.95 Å². The summed E-state index contributed by atoms with van der Waals surface area (Å²) in [5.41, 5.74) is 11.4. The van der Waals surface area contributed by atoms with E-state index in [1.807, 2.05) is 61.4 Å². The quantitative estimate of drug-likeness (QED) is 0.0398. The van der Waals surface area contributed by atoms with Crippen LogP contribution in [0.2, 0.25) is 0 Å². The average Bonchev–Trinajstić information content (AvgIpc) is 3.72. The van der Waals surface area contributed by atoms with Crippen molar-refractivity contribution >= 4 is 49.9 Å². The van der Waals surface area contributed by atoms with Crippen LogP contribution in [0.3, 0.4) is 0 Å². The molecule has 2 unspecified atom stereocenters. The van der Waals surface area contributed by atoms with Crippen molar-refractivity contribution in [2.45, 2.75) is 97.6 Å². The zero-order chi connectivity index (χ0) is 41.0. The Bertz CT molecular complexity index is 2260. The van der Waals surface area contributed by atoms with Crippen molar-refractivity contribution in [1.29, 1.82) is 5.41 Å². The number of para-hydroxylation sites is 1. The molecular weight excluding hydrogens is 755 g/mol. The lowest BCUT2D eigenvalue weighted by Gasteiger charge is -2.69. The number of thiazole rings is 1. The zero-order valence-electron chi connectivity index (χ0n) is 33.8. The molecule has 4 aliphatic carbocycles. The number of hydrogen-bond acceptors (Lipinski definition) is 11. The number of nitrogens with one attached hydrogen (secondary N) is 3. The van der Waals surface area contributed by atoms with E-state index in [0.717, 1.165) is 77.7 Å². The number of aliphatic hydroxyl groups excluding tert-OH is 1. The van der Waals surface area contributed by atoms with E-state index >= 15 is 0 Å². The number of dihydropyridines is 1. The molecule has 1 aromatic carbocycles. The minimum Gasteiger partial charge on any atom is -0.481 e. The minimum absolute atomic E-state index is 0.00639. The molecule has 0 amide bonds. The molecule has 3 aromatic rings. The SMILES string of the molecule is CC(=C1\CCCN(C2=CC=C(c3cnn(CC45CC6(C)CC(C)(C4)CC(OCCNCCC(=O)O)(C6)C5)c3C)C(=C(O)O)N2)C1=N)/C(N)=N\c1nc2ccccc2s1. The molecule has 308 valence electrons. The van der Waals surface area contributed by atoms with Gasteiger partial charge in [-0.1, -0.05) is 37.3 Å². The second kappa shape index (κ2) is 15.0. The molecule has 8 N–H and O–H groups in total.